The lowest BCUT2D eigenvalue weighted by Crippen LogP contribution is -2.42. The SMILES string of the molecule is CCN(C(c1ccc(F)cc1)C(F)(F)F)S(=O)(=O)c1cncc(F)c1. The topological polar surface area (TPSA) is 50.3 Å². The highest BCUT2D eigenvalue weighted by atomic mass is 32.2. The molecule has 0 spiro atoms. The predicted octanol–water partition coefficient (Wildman–Crippen LogP) is 3.67. The number of halogens is 5. The van der Waals surface area contributed by atoms with E-state index in [1.54, 1.807) is 0 Å². The van der Waals surface area contributed by atoms with Crippen molar-refractivity contribution in [3.8, 4) is 0 Å². The molecule has 0 amide bonds. The average Bonchev–Trinajstić information content (AvgIpc) is 2.52. The molecule has 2 rings (SSSR count). The fourth-order valence-electron chi connectivity index (χ4n) is 2.32. The van der Waals surface area contributed by atoms with Crippen molar-refractivity contribution in [2.45, 2.75) is 24.0 Å². The summed E-state index contributed by atoms with van der Waals surface area (Å²) in [6, 6.07) is 1.36. The maximum atomic E-state index is 13.6. The second-order valence-corrected chi connectivity index (χ2v) is 6.93. The number of sulfonamides is 1. The third-order valence-corrected chi connectivity index (χ3v) is 5.29. The van der Waals surface area contributed by atoms with Crippen LogP contribution in [0.1, 0.15) is 18.5 Å². The highest BCUT2D eigenvalue weighted by Gasteiger charge is 2.48. The first-order valence-corrected chi connectivity index (χ1v) is 8.46. The smallest absolute Gasteiger partial charge is 0.260 e. The summed E-state index contributed by atoms with van der Waals surface area (Å²) in [6.07, 6.45) is -3.47. The highest BCUT2D eigenvalue weighted by Crippen LogP contribution is 2.40. The van der Waals surface area contributed by atoms with Crippen molar-refractivity contribution in [3.63, 3.8) is 0 Å². The average molecular weight is 380 g/mol. The van der Waals surface area contributed by atoms with E-state index >= 15 is 0 Å². The summed E-state index contributed by atoms with van der Waals surface area (Å²) in [6.45, 7) is 0.674. The molecule has 2 aromatic rings. The van der Waals surface area contributed by atoms with Gasteiger partial charge < -0.3 is 0 Å². The van der Waals surface area contributed by atoms with E-state index in [1.165, 1.54) is 6.92 Å². The zero-order chi connectivity index (χ0) is 18.8. The van der Waals surface area contributed by atoms with Gasteiger partial charge in [-0.2, -0.15) is 17.5 Å². The van der Waals surface area contributed by atoms with E-state index in [4.69, 9.17) is 0 Å². The molecule has 0 bridgehead atoms. The number of hydrogen-bond acceptors (Lipinski definition) is 3. The molecule has 136 valence electrons. The molecule has 1 aromatic carbocycles. The summed E-state index contributed by atoms with van der Waals surface area (Å²) < 4.78 is 92.4. The van der Waals surface area contributed by atoms with Gasteiger partial charge >= 0.3 is 6.18 Å². The first kappa shape index (κ1) is 19.3. The minimum Gasteiger partial charge on any atom is -0.260 e. The molecule has 0 saturated heterocycles. The zero-order valence-electron chi connectivity index (χ0n) is 12.8. The second kappa shape index (κ2) is 7.04. The Morgan fingerprint density at radius 2 is 1.68 bits per heavy atom. The van der Waals surface area contributed by atoms with Crippen molar-refractivity contribution in [1.82, 2.24) is 9.29 Å². The molecular weight excluding hydrogens is 367 g/mol. The lowest BCUT2D eigenvalue weighted by Gasteiger charge is -2.31. The molecule has 0 fully saturated rings. The number of rotatable bonds is 5. The molecule has 0 aliphatic carbocycles. The van der Waals surface area contributed by atoms with Gasteiger partial charge in [-0.15, -0.1) is 0 Å². The van der Waals surface area contributed by atoms with Crippen LogP contribution in [0.5, 0.6) is 0 Å². The lowest BCUT2D eigenvalue weighted by atomic mass is 10.1. The minimum absolute atomic E-state index is 0.177. The fourth-order valence-corrected chi connectivity index (χ4v) is 3.91. The summed E-state index contributed by atoms with van der Waals surface area (Å²) >= 11 is 0. The first-order chi connectivity index (χ1) is 11.6. The number of aromatic nitrogens is 1. The molecule has 0 radical (unpaired) electrons. The van der Waals surface area contributed by atoms with E-state index in [0.717, 1.165) is 36.7 Å². The molecule has 0 saturated carbocycles. The van der Waals surface area contributed by atoms with E-state index in [1.807, 2.05) is 0 Å². The maximum absolute atomic E-state index is 13.6. The number of hydrogen-bond donors (Lipinski definition) is 0. The van der Waals surface area contributed by atoms with Crippen LogP contribution in [0.15, 0.2) is 47.6 Å². The Bertz CT molecular complexity index is 838. The van der Waals surface area contributed by atoms with E-state index in [-0.39, 0.29) is 4.31 Å². The lowest BCUT2D eigenvalue weighted by molar-refractivity contribution is -0.173. The second-order valence-electron chi connectivity index (χ2n) is 5.04. The Morgan fingerprint density at radius 3 is 2.16 bits per heavy atom. The molecule has 0 N–H and O–H groups in total. The zero-order valence-corrected chi connectivity index (χ0v) is 13.7. The van der Waals surface area contributed by atoms with Crippen LogP contribution in [0.2, 0.25) is 0 Å². The van der Waals surface area contributed by atoms with Gasteiger partial charge in [0, 0.05) is 12.7 Å². The molecule has 1 unspecified atom stereocenters. The van der Waals surface area contributed by atoms with Gasteiger partial charge in [-0.3, -0.25) is 4.98 Å². The predicted molar refractivity (Wildman–Crippen MR) is 79.0 cm³/mol. The Balaban J connectivity index is 2.59. The van der Waals surface area contributed by atoms with Crippen LogP contribution in [0.4, 0.5) is 22.0 Å². The maximum Gasteiger partial charge on any atom is 0.409 e. The van der Waals surface area contributed by atoms with Gasteiger partial charge in [0.1, 0.15) is 22.6 Å². The molecule has 1 atom stereocenters. The Morgan fingerprint density at radius 1 is 1.08 bits per heavy atom. The van der Waals surface area contributed by atoms with Crippen molar-refractivity contribution < 1.29 is 30.4 Å². The van der Waals surface area contributed by atoms with Crippen molar-refractivity contribution in [2.75, 3.05) is 6.54 Å². The normalized spacial score (nSPS) is 13.9. The van der Waals surface area contributed by atoms with Gasteiger partial charge in [-0.1, -0.05) is 19.1 Å². The molecule has 25 heavy (non-hydrogen) atoms. The fraction of sp³-hybridized carbons (Fsp3) is 0.267. The monoisotopic (exact) mass is 380 g/mol. The van der Waals surface area contributed by atoms with Gasteiger partial charge in [0.2, 0.25) is 10.0 Å². The summed E-state index contributed by atoms with van der Waals surface area (Å²) in [4.78, 5) is 2.66. The van der Waals surface area contributed by atoms with Gasteiger partial charge in [0.05, 0.1) is 6.20 Å². The van der Waals surface area contributed by atoms with Crippen molar-refractivity contribution in [3.05, 3.63) is 59.9 Å². The van der Waals surface area contributed by atoms with Crippen LogP contribution in [-0.4, -0.2) is 30.4 Å². The standard InChI is InChI=1S/C15H13F5N2O2S/c1-2-22(25(23,24)13-7-12(17)8-21-9-13)14(15(18,19)20)10-3-5-11(16)6-4-10/h3-9,14H,2H2,1H3. The van der Waals surface area contributed by atoms with E-state index < -0.39 is 50.9 Å². The van der Waals surface area contributed by atoms with Gasteiger partial charge in [-0.05, 0) is 23.8 Å². The van der Waals surface area contributed by atoms with Crippen LogP contribution >= 0.6 is 0 Å². The third-order valence-electron chi connectivity index (χ3n) is 3.38. The molecular formula is C15H13F5N2O2S. The van der Waals surface area contributed by atoms with Crippen LogP contribution in [0.25, 0.3) is 0 Å². The van der Waals surface area contributed by atoms with Gasteiger partial charge in [0.25, 0.3) is 0 Å². The van der Waals surface area contributed by atoms with E-state index in [2.05, 4.69) is 4.98 Å². The molecule has 10 heteroatoms. The third kappa shape index (κ3) is 4.13. The first-order valence-electron chi connectivity index (χ1n) is 7.02. The number of alkyl halides is 3. The van der Waals surface area contributed by atoms with Crippen molar-refractivity contribution in [2.24, 2.45) is 0 Å². The molecule has 1 heterocycles. The Kier molecular flexibility index (Phi) is 5.43. The van der Waals surface area contributed by atoms with Gasteiger partial charge in [-0.25, -0.2) is 17.2 Å². The minimum atomic E-state index is -4.97. The largest absolute Gasteiger partial charge is 0.409 e. The van der Waals surface area contributed by atoms with Crippen LogP contribution < -0.4 is 0 Å². The molecule has 0 aliphatic heterocycles. The highest BCUT2D eigenvalue weighted by molar-refractivity contribution is 7.89. The summed E-state index contributed by atoms with van der Waals surface area (Å²) in [5.74, 6) is -1.76. The summed E-state index contributed by atoms with van der Waals surface area (Å²) in [5, 5.41) is 0. The van der Waals surface area contributed by atoms with Gasteiger partial charge in [0.15, 0.2) is 0 Å². The summed E-state index contributed by atoms with van der Waals surface area (Å²) in [7, 11) is -4.70. The van der Waals surface area contributed by atoms with Crippen LogP contribution in [-0.2, 0) is 10.0 Å². The number of benzene rings is 1. The Hall–Kier alpha value is -2.07. The van der Waals surface area contributed by atoms with Crippen molar-refractivity contribution in [1.29, 1.82) is 0 Å². The quantitative estimate of drug-likeness (QED) is 0.744. The molecule has 1 aromatic heterocycles. The van der Waals surface area contributed by atoms with E-state index in [9.17, 15) is 30.4 Å². The number of nitrogens with zero attached hydrogens (tertiary/aromatic N) is 2. The van der Waals surface area contributed by atoms with Crippen molar-refractivity contribution >= 4 is 10.0 Å². The molecule has 4 nitrogen and oxygen atoms in total. The number of pyridine rings is 1. The Labute approximate surface area is 141 Å². The summed E-state index contributed by atoms with van der Waals surface area (Å²) in [5.41, 5.74) is -0.455. The van der Waals surface area contributed by atoms with Crippen LogP contribution in [0.3, 0.4) is 0 Å². The van der Waals surface area contributed by atoms with Crippen LogP contribution in [0, 0.1) is 11.6 Å². The van der Waals surface area contributed by atoms with E-state index in [0.29, 0.717) is 6.07 Å². The molecule has 0 aliphatic rings.